The van der Waals surface area contributed by atoms with Crippen molar-refractivity contribution in [2.75, 3.05) is 43.9 Å². The number of imidazole rings is 1. The average molecular weight is 572 g/mol. The lowest BCUT2D eigenvalue weighted by molar-refractivity contribution is -0.110. The summed E-state index contributed by atoms with van der Waals surface area (Å²) in [6.07, 6.45) is 7.20. The van der Waals surface area contributed by atoms with Gasteiger partial charge in [-0.2, -0.15) is 0 Å². The number of benzene rings is 2. The molecule has 0 bridgehead atoms. The maximum absolute atomic E-state index is 13.8. The van der Waals surface area contributed by atoms with Crippen molar-refractivity contribution in [1.29, 1.82) is 0 Å². The van der Waals surface area contributed by atoms with Crippen LogP contribution >= 0.6 is 11.6 Å². The summed E-state index contributed by atoms with van der Waals surface area (Å²) in [6, 6.07) is 14.5. The van der Waals surface area contributed by atoms with E-state index in [-0.39, 0.29) is 16.8 Å². The SMILES string of the molecule is CN(C)CCn1cc(-c2ccc(F)c(Cl)c2)nc1C1CCN(c2ncnc3c2/C(=C/c2ccccc2)C(=O)N3)CC1. The number of rotatable bonds is 7. The molecule has 1 amide bonds. The van der Waals surface area contributed by atoms with Gasteiger partial charge in [-0.25, -0.2) is 19.3 Å². The van der Waals surface area contributed by atoms with Crippen LogP contribution in [-0.4, -0.2) is 64.1 Å². The molecule has 210 valence electrons. The Balaban J connectivity index is 1.26. The molecule has 10 heteroatoms. The summed E-state index contributed by atoms with van der Waals surface area (Å²) in [4.78, 5) is 31.3. The van der Waals surface area contributed by atoms with E-state index in [0.29, 0.717) is 11.4 Å². The Hall–Kier alpha value is -4.08. The fraction of sp³-hybridized carbons (Fsp3) is 0.290. The van der Waals surface area contributed by atoms with Crippen molar-refractivity contribution in [2.24, 2.45) is 0 Å². The Morgan fingerprint density at radius 3 is 2.63 bits per heavy atom. The number of amides is 1. The van der Waals surface area contributed by atoms with E-state index >= 15 is 0 Å². The molecule has 1 fully saturated rings. The first-order valence-electron chi connectivity index (χ1n) is 13.7. The molecule has 4 heterocycles. The van der Waals surface area contributed by atoms with Crippen LogP contribution in [0.2, 0.25) is 5.02 Å². The lowest BCUT2D eigenvalue weighted by Crippen LogP contribution is -2.35. The zero-order valence-corrected chi connectivity index (χ0v) is 23.8. The van der Waals surface area contributed by atoms with Gasteiger partial charge in [0.2, 0.25) is 0 Å². The predicted octanol–water partition coefficient (Wildman–Crippen LogP) is 5.57. The van der Waals surface area contributed by atoms with Crippen LogP contribution in [-0.2, 0) is 11.3 Å². The minimum absolute atomic E-state index is 0.0891. The highest BCUT2D eigenvalue weighted by Gasteiger charge is 2.33. The maximum atomic E-state index is 13.8. The number of halogens is 2. The van der Waals surface area contributed by atoms with Gasteiger partial charge in [-0.15, -0.1) is 0 Å². The minimum atomic E-state index is -0.440. The average Bonchev–Trinajstić information content (AvgIpc) is 3.55. The molecular formula is C31H31ClFN7O. The monoisotopic (exact) mass is 571 g/mol. The number of piperidine rings is 1. The quantitative estimate of drug-likeness (QED) is 0.292. The Morgan fingerprint density at radius 1 is 1.12 bits per heavy atom. The van der Waals surface area contributed by atoms with E-state index in [0.717, 1.165) is 73.0 Å². The smallest absolute Gasteiger partial charge is 0.257 e. The normalized spacial score (nSPS) is 16.5. The third-order valence-corrected chi connectivity index (χ3v) is 7.94. The first-order valence-corrected chi connectivity index (χ1v) is 14.1. The van der Waals surface area contributed by atoms with Crippen LogP contribution in [0.1, 0.15) is 35.7 Å². The van der Waals surface area contributed by atoms with Gasteiger partial charge in [-0.05, 0) is 56.8 Å². The molecule has 4 aromatic rings. The van der Waals surface area contributed by atoms with E-state index in [1.54, 1.807) is 12.1 Å². The first kappa shape index (κ1) is 27.1. The summed E-state index contributed by atoms with van der Waals surface area (Å²) >= 11 is 6.08. The molecule has 0 radical (unpaired) electrons. The lowest BCUT2D eigenvalue weighted by atomic mass is 9.95. The molecule has 2 aliphatic rings. The van der Waals surface area contributed by atoms with Crippen LogP contribution in [0.3, 0.4) is 0 Å². The second-order valence-corrected chi connectivity index (χ2v) is 11.1. The van der Waals surface area contributed by atoms with Crippen LogP contribution in [0.25, 0.3) is 22.9 Å². The van der Waals surface area contributed by atoms with Crippen molar-refractivity contribution in [3.8, 4) is 11.3 Å². The van der Waals surface area contributed by atoms with Crippen LogP contribution in [0.5, 0.6) is 0 Å². The summed E-state index contributed by atoms with van der Waals surface area (Å²) < 4.78 is 16.0. The number of anilines is 2. The number of nitrogens with one attached hydrogen (secondary N) is 1. The van der Waals surface area contributed by atoms with E-state index in [4.69, 9.17) is 16.6 Å². The maximum Gasteiger partial charge on any atom is 0.257 e. The molecule has 0 aliphatic carbocycles. The molecule has 6 rings (SSSR count). The summed E-state index contributed by atoms with van der Waals surface area (Å²) in [6.45, 7) is 3.19. The molecule has 0 atom stereocenters. The third kappa shape index (κ3) is 5.60. The Labute approximate surface area is 243 Å². The van der Waals surface area contributed by atoms with Crippen molar-refractivity contribution in [1.82, 2.24) is 24.4 Å². The van der Waals surface area contributed by atoms with E-state index in [1.807, 2.05) is 42.6 Å². The largest absolute Gasteiger partial charge is 0.356 e. The topological polar surface area (TPSA) is 79.2 Å². The summed E-state index contributed by atoms with van der Waals surface area (Å²) in [5.74, 6) is 1.97. The highest BCUT2D eigenvalue weighted by molar-refractivity contribution is 6.35. The Kier molecular flexibility index (Phi) is 7.55. The third-order valence-electron chi connectivity index (χ3n) is 7.65. The molecule has 2 aromatic carbocycles. The second kappa shape index (κ2) is 11.4. The molecule has 41 heavy (non-hydrogen) atoms. The van der Waals surface area contributed by atoms with E-state index < -0.39 is 5.82 Å². The molecule has 8 nitrogen and oxygen atoms in total. The second-order valence-electron chi connectivity index (χ2n) is 10.7. The fourth-order valence-electron chi connectivity index (χ4n) is 5.49. The fourth-order valence-corrected chi connectivity index (χ4v) is 5.67. The highest BCUT2D eigenvalue weighted by Crippen LogP contribution is 2.40. The number of carbonyl (C=O) groups is 1. The summed E-state index contributed by atoms with van der Waals surface area (Å²) in [5, 5.41) is 2.99. The van der Waals surface area contributed by atoms with Gasteiger partial charge in [-0.1, -0.05) is 41.9 Å². The minimum Gasteiger partial charge on any atom is -0.356 e. The Bertz CT molecular complexity index is 1610. The molecule has 2 aromatic heterocycles. The van der Waals surface area contributed by atoms with E-state index in [1.165, 1.54) is 12.4 Å². The number of hydrogen-bond donors (Lipinski definition) is 1. The standard InChI is InChI=1S/C31H31ClFN7O/c1-38(2)14-15-40-18-26(22-8-9-25(33)24(32)17-22)36-29(40)21-10-12-39(13-11-21)30-27-23(16-20-6-4-3-5-7-20)31(41)37-28(27)34-19-35-30/h3-9,16-19,21H,10-15H2,1-2H3,(H,34,35,37,41)/b23-16-. The molecule has 0 unspecified atom stereocenters. The molecule has 1 saturated heterocycles. The van der Waals surface area contributed by atoms with Gasteiger partial charge in [-0.3, -0.25) is 4.79 Å². The number of aromatic nitrogens is 4. The molecule has 0 saturated carbocycles. The van der Waals surface area contributed by atoms with Crippen LogP contribution in [0.15, 0.2) is 61.1 Å². The molecular weight excluding hydrogens is 541 g/mol. The number of likely N-dealkylation sites (N-methyl/N-ethyl adjacent to an activating group) is 1. The van der Waals surface area contributed by atoms with Crippen LogP contribution in [0, 0.1) is 5.82 Å². The van der Waals surface area contributed by atoms with Gasteiger partial charge in [0.25, 0.3) is 5.91 Å². The van der Waals surface area contributed by atoms with Crippen molar-refractivity contribution in [2.45, 2.75) is 25.3 Å². The molecule has 1 N–H and O–H groups in total. The van der Waals surface area contributed by atoms with Gasteiger partial charge >= 0.3 is 0 Å². The van der Waals surface area contributed by atoms with Gasteiger partial charge in [0.15, 0.2) is 0 Å². The van der Waals surface area contributed by atoms with Crippen LogP contribution in [0.4, 0.5) is 16.0 Å². The van der Waals surface area contributed by atoms with Crippen molar-refractivity contribution < 1.29 is 9.18 Å². The first-order chi connectivity index (χ1) is 19.9. The van der Waals surface area contributed by atoms with Gasteiger partial charge < -0.3 is 19.7 Å². The van der Waals surface area contributed by atoms with Gasteiger partial charge in [0, 0.05) is 43.9 Å². The van der Waals surface area contributed by atoms with Gasteiger partial charge in [0.1, 0.15) is 29.6 Å². The number of fused-ring (bicyclic) bond motifs is 1. The molecule has 0 spiro atoms. The van der Waals surface area contributed by atoms with Crippen molar-refractivity contribution in [3.63, 3.8) is 0 Å². The number of nitrogens with zero attached hydrogens (tertiary/aromatic N) is 6. The summed E-state index contributed by atoms with van der Waals surface area (Å²) in [5.41, 5.74) is 3.86. The van der Waals surface area contributed by atoms with Crippen molar-refractivity contribution >= 4 is 40.8 Å². The zero-order valence-electron chi connectivity index (χ0n) is 23.0. The summed E-state index contributed by atoms with van der Waals surface area (Å²) in [7, 11) is 4.10. The van der Waals surface area contributed by atoms with E-state index in [2.05, 4.69) is 43.7 Å². The number of hydrogen-bond acceptors (Lipinski definition) is 6. The van der Waals surface area contributed by atoms with Crippen molar-refractivity contribution in [3.05, 3.63) is 88.8 Å². The van der Waals surface area contributed by atoms with E-state index in [9.17, 15) is 9.18 Å². The number of carbonyl (C=O) groups excluding carboxylic acids is 1. The van der Waals surface area contributed by atoms with Gasteiger partial charge in [0.05, 0.1) is 21.9 Å². The Morgan fingerprint density at radius 2 is 1.90 bits per heavy atom. The zero-order chi connectivity index (χ0) is 28.5. The molecule has 2 aliphatic heterocycles. The predicted molar refractivity (Wildman–Crippen MR) is 160 cm³/mol. The van der Waals surface area contributed by atoms with Crippen LogP contribution < -0.4 is 10.2 Å². The highest BCUT2D eigenvalue weighted by atomic mass is 35.5. The lowest BCUT2D eigenvalue weighted by Gasteiger charge is -2.33.